The molecule has 408 valence electrons. The zero-order chi connectivity index (χ0) is 54.2. The zero-order valence-corrected chi connectivity index (χ0v) is 44.8. The largest absolute Gasteiger partial charge is 0.455 e. The number of anilines is 3. The lowest BCUT2D eigenvalue weighted by atomic mass is 9.59. The molecule has 1 saturated carbocycles. The fraction of sp³-hybridized carbons (Fsp3) is 0.418. The lowest BCUT2D eigenvalue weighted by Gasteiger charge is -2.58. The molecule has 0 radical (unpaired) electrons. The molecule has 10 rings (SSSR count). The van der Waals surface area contributed by atoms with Gasteiger partial charge in [0.05, 0.1) is 33.0 Å². The monoisotopic (exact) mass is 1100 g/mol. The van der Waals surface area contributed by atoms with Crippen LogP contribution in [0.2, 0.25) is 0 Å². The van der Waals surface area contributed by atoms with Crippen molar-refractivity contribution in [2.24, 2.45) is 5.41 Å². The third-order valence-corrected chi connectivity index (χ3v) is 18.0. The molecule has 0 bridgehead atoms. The maximum atomic E-state index is 16.6. The molecule has 4 N–H and O–H groups in total. The van der Waals surface area contributed by atoms with Gasteiger partial charge in [0.2, 0.25) is 0 Å². The number of benzene rings is 4. The molecule has 18 nitrogen and oxygen atoms in total. The molecular formula is C55H63F2N9O9S2. The first kappa shape index (κ1) is 53.8. The molecule has 22 heteroatoms. The van der Waals surface area contributed by atoms with Gasteiger partial charge in [0, 0.05) is 115 Å². The minimum atomic E-state index is -4.80. The standard InChI is InChI=1S/C55H63F2N9O9S2/c1-36(2)43-6-4-5-7-44(43)50-34-63(33-37-8-10-39(11-9-37)62(3)76(70)71)22-23-65(50)40-30-54(31-40)15-20-64(21-16-54)48-29-51(75-41-26-38-14-19-58-52(38)59-32-41)45(28-46(48)56)53(67)61-77(72,73)42-12-13-47(49(27-42)66(68)69)60-35-55(57)17-24-74-25-18-55/h4-14,19,26-29,32,36,40,50,60H,15-18,20-25,30-31,33-35H2,1-3H3,(H,58,59)(H,61,67)(H,70,71)/t50-/m0/s1. The number of pyridine rings is 1. The van der Waals surface area contributed by atoms with Gasteiger partial charge in [-0.25, -0.2) is 31.1 Å². The molecule has 2 aromatic heterocycles. The highest BCUT2D eigenvalue weighted by Crippen LogP contribution is 2.54. The van der Waals surface area contributed by atoms with E-state index >= 15 is 8.78 Å². The number of nitro groups is 1. The van der Waals surface area contributed by atoms with Crippen molar-refractivity contribution in [2.75, 3.05) is 74.1 Å². The first-order valence-electron chi connectivity index (χ1n) is 25.9. The Balaban J connectivity index is 0.845. The molecule has 3 saturated heterocycles. The predicted octanol–water partition coefficient (Wildman–Crippen LogP) is 9.46. The maximum Gasteiger partial charge on any atom is 0.293 e. The van der Waals surface area contributed by atoms with E-state index in [9.17, 15) is 32.1 Å². The smallest absolute Gasteiger partial charge is 0.293 e. The molecular weight excluding hydrogens is 1030 g/mol. The van der Waals surface area contributed by atoms with Crippen LogP contribution in [0.25, 0.3) is 11.0 Å². The molecule has 4 fully saturated rings. The van der Waals surface area contributed by atoms with Crippen LogP contribution in [-0.2, 0) is 32.6 Å². The molecule has 1 spiro atoms. The summed E-state index contributed by atoms with van der Waals surface area (Å²) in [6.07, 6.45) is 6.91. The van der Waals surface area contributed by atoms with Crippen LogP contribution in [0.15, 0.2) is 108 Å². The summed E-state index contributed by atoms with van der Waals surface area (Å²) in [5.74, 6) is -1.60. The van der Waals surface area contributed by atoms with Crippen molar-refractivity contribution in [1.29, 1.82) is 0 Å². The van der Waals surface area contributed by atoms with Crippen LogP contribution in [0.4, 0.5) is 31.5 Å². The van der Waals surface area contributed by atoms with Gasteiger partial charge in [0.25, 0.3) is 32.9 Å². The van der Waals surface area contributed by atoms with E-state index in [-0.39, 0.29) is 66.9 Å². The van der Waals surface area contributed by atoms with Gasteiger partial charge in [0.1, 0.15) is 34.3 Å². The van der Waals surface area contributed by atoms with Crippen molar-refractivity contribution in [3.05, 3.63) is 142 Å². The quantitative estimate of drug-likeness (QED) is 0.0380. The average Bonchev–Trinajstić information content (AvgIpc) is 3.94. The van der Waals surface area contributed by atoms with Gasteiger partial charge in [-0.1, -0.05) is 50.2 Å². The van der Waals surface area contributed by atoms with Crippen LogP contribution >= 0.6 is 0 Å². The number of piperazine rings is 1. The molecule has 4 aromatic carbocycles. The number of hydrogen-bond donors (Lipinski definition) is 4. The molecule has 5 heterocycles. The average molecular weight is 1100 g/mol. The third kappa shape index (κ3) is 11.7. The first-order valence-corrected chi connectivity index (χ1v) is 28.5. The van der Waals surface area contributed by atoms with Crippen molar-refractivity contribution < 1.29 is 45.2 Å². The number of ether oxygens (including phenoxy) is 2. The zero-order valence-electron chi connectivity index (χ0n) is 43.1. The Morgan fingerprint density at radius 2 is 1.75 bits per heavy atom. The number of H-pyrrole nitrogens is 1. The summed E-state index contributed by atoms with van der Waals surface area (Å²) in [6, 6.07) is 25.8. The van der Waals surface area contributed by atoms with Gasteiger partial charge < -0.3 is 24.7 Å². The number of rotatable bonds is 17. The van der Waals surface area contributed by atoms with Gasteiger partial charge >= 0.3 is 0 Å². The minimum absolute atomic E-state index is 0.0543. The number of aromatic nitrogens is 2. The summed E-state index contributed by atoms with van der Waals surface area (Å²) in [6.45, 7) is 9.02. The molecule has 3 aliphatic heterocycles. The number of fused-ring (bicyclic) bond motifs is 1. The van der Waals surface area contributed by atoms with E-state index in [1.54, 1.807) is 25.4 Å². The molecule has 1 unspecified atom stereocenters. The van der Waals surface area contributed by atoms with E-state index < -0.39 is 59.8 Å². The Kier molecular flexibility index (Phi) is 15.4. The van der Waals surface area contributed by atoms with E-state index in [0.717, 1.165) is 81.7 Å². The molecule has 4 aliphatic rings. The number of amides is 1. The Hall–Kier alpha value is -6.56. The number of nitro benzene ring substituents is 1. The summed E-state index contributed by atoms with van der Waals surface area (Å²) in [4.78, 5) is 39.3. The van der Waals surface area contributed by atoms with Crippen molar-refractivity contribution >= 4 is 61.0 Å². The molecule has 6 aromatic rings. The lowest BCUT2D eigenvalue weighted by molar-refractivity contribution is -0.384. The predicted molar refractivity (Wildman–Crippen MR) is 290 cm³/mol. The Labute approximate surface area is 448 Å². The van der Waals surface area contributed by atoms with Crippen LogP contribution in [0.5, 0.6) is 11.5 Å². The number of alkyl halides is 1. The highest BCUT2D eigenvalue weighted by atomic mass is 32.2. The van der Waals surface area contributed by atoms with Gasteiger partial charge in [-0.2, -0.15) is 0 Å². The van der Waals surface area contributed by atoms with Gasteiger partial charge in [0.15, 0.2) is 0 Å². The summed E-state index contributed by atoms with van der Waals surface area (Å²) in [7, 11) is -3.22. The van der Waals surface area contributed by atoms with Crippen LogP contribution in [0, 0.1) is 21.3 Å². The van der Waals surface area contributed by atoms with E-state index in [4.69, 9.17) is 9.47 Å². The second kappa shape index (κ2) is 22.1. The molecule has 77 heavy (non-hydrogen) atoms. The fourth-order valence-electron chi connectivity index (χ4n) is 11.5. The number of carbonyl (C=O) groups excluding carboxylic acids is 1. The topological polar surface area (TPSA) is 216 Å². The van der Waals surface area contributed by atoms with Crippen molar-refractivity contribution in [3.63, 3.8) is 0 Å². The number of piperidine rings is 1. The van der Waals surface area contributed by atoms with Gasteiger partial charge in [-0.05, 0) is 96.2 Å². The number of nitrogens with one attached hydrogen (secondary N) is 3. The molecule has 1 aliphatic carbocycles. The Morgan fingerprint density at radius 1 is 1.01 bits per heavy atom. The van der Waals surface area contributed by atoms with Gasteiger partial charge in [-0.15, -0.1) is 0 Å². The van der Waals surface area contributed by atoms with Crippen molar-refractivity contribution in [1.82, 2.24) is 24.5 Å². The molecule has 2 atom stereocenters. The van der Waals surface area contributed by atoms with Crippen LogP contribution < -0.4 is 24.0 Å². The minimum Gasteiger partial charge on any atom is -0.455 e. The summed E-state index contributed by atoms with van der Waals surface area (Å²) < 4.78 is 95.5. The SMILES string of the molecule is CC(C)c1ccccc1[C@@H]1CN(Cc2ccc(N(C)S(=O)O)cc2)CCN1C1CC2(CCN(c3cc(Oc4cnc5[nH]ccc5c4)c(C(=O)NS(=O)(=O)c4ccc(NCC5(F)CCOCC5)c([N+](=O)[O-])c4)cc3F)CC2)C1. The second-order valence-electron chi connectivity index (χ2n) is 21.2. The number of sulfonamides is 1. The van der Waals surface area contributed by atoms with E-state index in [1.165, 1.54) is 27.7 Å². The normalized spacial score (nSPS) is 19.5. The van der Waals surface area contributed by atoms with E-state index in [0.29, 0.717) is 41.8 Å². The summed E-state index contributed by atoms with van der Waals surface area (Å²) in [5.41, 5.74) is 2.41. The van der Waals surface area contributed by atoms with Gasteiger partial charge in [-0.3, -0.25) is 33.6 Å². The maximum absolute atomic E-state index is 16.6. The van der Waals surface area contributed by atoms with Crippen LogP contribution in [0.1, 0.15) is 91.4 Å². The van der Waals surface area contributed by atoms with Crippen LogP contribution in [-0.4, -0.2) is 119 Å². The number of nitrogens with zero attached hydrogens (tertiary/aromatic N) is 6. The Bertz CT molecular complexity index is 3290. The Morgan fingerprint density at radius 3 is 2.47 bits per heavy atom. The lowest BCUT2D eigenvalue weighted by Crippen LogP contribution is -2.60. The first-order chi connectivity index (χ1) is 36.9. The number of carbonyl (C=O) groups is 1. The van der Waals surface area contributed by atoms with Crippen molar-refractivity contribution in [2.45, 2.75) is 87.5 Å². The summed E-state index contributed by atoms with van der Waals surface area (Å²) >= 11 is -2.11. The van der Waals surface area contributed by atoms with E-state index in [1.807, 2.05) is 33.9 Å². The number of halogens is 2. The van der Waals surface area contributed by atoms with Crippen LogP contribution in [0.3, 0.4) is 0 Å². The van der Waals surface area contributed by atoms with E-state index in [2.05, 4.69) is 63.2 Å². The highest BCUT2D eigenvalue weighted by Gasteiger charge is 2.50. The van der Waals surface area contributed by atoms with Crippen molar-refractivity contribution in [3.8, 4) is 11.5 Å². The molecule has 1 amide bonds. The second-order valence-corrected chi connectivity index (χ2v) is 23.9. The fourth-order valence-corrected chi connectivity index (χ4v) is 12.8. The number of aromatic amines is 1. The highest BCUT2D eigenvalue weighted by molar-refractivity contribution is 7.90. The number of hydrogen-bond acceptors (Lipinski definition) is 13. The summed E-state index contributed by atoms with van der Waals surface area (Å²) in [5, 5.41) is 15.6. The third-order valence-electron chi connectivity index (χ3n) is 16.0.